The minimum atomic E-state index is -0.707. The molecule has 1 saturated heterocycles. The summed E-state index contributed by atoms with van der Waals surface area (Å²) in [4.78, 5) is 18.4. The van der Waals surface area contributed by atoms with Crippen molar-refractivity contribution in [1.82, 2.24) is 24.5 Å². The van der Waals surface area contributed by atoms with Gasteiger partial charge in [-0.3, -0.25) is 4.79 Å². The Labute approximate surface area is 216 Å². The summed E-state index contributed by atoms with van der Waals surface area (Å²) in [7, 11) is 1.45. The summed E-state index contributed by atoms with van der Waals surface area (Å²) >= 11 is 0. The SMILES string of the molecule is Cc1cccc2c(-c3ccc(F)c4nn(C)c(F)c34)nn(-c3ccc(N4C[C@H]5C[C@@H]4C[C@@H]5C(=O)O)nc3)c12. The minimum absolute atomic E-state index is 0.0334. The number of hydrogen-bond donors (Lipinski definition) is 1. The van der Waals surface area contributed by atoms with Crippen molar-refractivity contribution in [3.8, 4) is 16.9 Å². The highest BCUT2D eigenvalue weighted by Crippen LogP contribution is 2.44. The third kappa shape index (κ3) is 3.19. The molecule has 3 aromatic heterocycles. The first-order valence-electron chi connectivity index (χ1n) is 12.6. The first kappa shape index (κ1) is 22.8. The summed E-state index contributed by atoms with van der Waals surface area (Å²) in [6, 6.07) is 12.7. The molecule has 2 aromatic carbocycles. The van der Waals surface area contributed by atoms with Gasteiger partial charge in [-0.05, 0) is 55.5 Å². The number of halogens is 2. The van der Waals surface area contributed by atoms with Gasteiger partial charge in [-0.15, -0.1) is 0 Å². The van der Waals surface area contributed by atoms with E-state index in [1.54, 1.807) is 16.9 Å². The van der Waals surface area contributed by atoms with E-state index in [2.05, 4.69) is 10.00 Å². The van der Waals surface area contributed by atoms with E-state index in [0.717, 1.165) is 39.1 Å². The average Bonchev–Trinajstić information content (AvgIpc) is 3.68. The Kier molecular flexibility index (Phi) is 4.85. The smallest absolute Gasteiger partial charge is 0.306 e. The summed E-state index contributed by atoms with van der Waals surface area (Å²) < 4.78 is 32.4. The molecular weight excluding hydrogens is 490 g/mol. The van der Waals surface area contributed by atoms with Crippen LogP contribution in [0.2, 0.25) is 0 Å². The fourth-order valence-corrected chi connectivity index (χ4v) is 6.36. The second kappa shape index (κ2) is 8.08. The van der Waals surface area contributed by atoms with E-state index >= 15 is 4.39 Å². The number of aryl methyl sites for hydroxylation is 2. The van der Waals surface area contributed by atoms with Crippen LogP contribution in [0.15, 0.2) is 48.7 Å². The number of anilines is 1. The maximum Gasteiger partial charge on any atom is 0.306 e. The molecule has 10 heteroatoms. The maximum atomic E-state index is 15.1. The van der Waals surface area contributed by atoms with E-state index in [0.29, 0.717) is 24.2 Å². The fraction of sp³-hybridized carbons (Fsp3) is 0.286. The normalized spacial score (nSPS) is 20.7. The summed E-state index contributed by atoms with van der Waals surface area (Å²) in [5.41, 5.74) is 3.52. The molecule has 1 N–H and O–H groups in total. The molecule has 0 radical (unpaired) electrons. The van der Waals surface area contributed by atoms with E-state index < -0.39 is 17.7 Å². The molecule has 7 rings (SSSR count). The number of aliphatic carboxylic acids is 1. The van der Waals surface area contributed by atoms with Crippen LogP contribution < -0.4 is 4.90 Å². The van der Waals surface area contributed by atoms with E-state index in [1.807, 2.05) is 37.3 Å². The lowest BCUT2D eigenvalue weighted by molar-refractivity contribution is -0.143. The largest absolute Gasteiger partial charge is 0.481 e. The lowest BCUT2D eigenvalue weighted by Gasteiger charge is -2.30. The molecule has 4 heterocycles. The lowest BCUT2D eigenvalue weighted by Crippen LogP contribution is -2.38. The first-order chi connectivity index (χ1) is 18.3. The predicted octanol–water partition coefficient (Wildman–Crippen LogP) is 4.86. The van der Waals surface area contributed by atoms with Crippen LogP contribution in [-0.2, 0) is 11.8 Å². The van der Waals surface area contributed by atoms with Crippen molar-refractivity contribution in [2.45, 2.75) is 25.8 Å². The van der Waals surface area contributed by atoms with Gasteiger partial charge in [0.25, 0.3) is 0 Å². The first-order valence-corrected chi connectivity index (χ1v) is 12.6. The molecule has 1 saturated carbocycles. The quantitative estimate of drug-likeness (QED) is 0.369. The molecule has 38 heavy (non-hydrogen) atoms. The molecule has 2 bridgehead atoms. The van der Waals surface area contributed by atoms with Gasteiger partial charge in [0.2, 0.25) is 5.95 Å². The van der Waals surface area contributed by atoms with Crippen LogP contribution >= 0.6 is 0 Å². The van der Waals surface area contributed by atoms with E-state index in [-0.39, 0.29) is 28.8 Å². The maximum absolute atomic E-state index is 15.1. The van der Waals surface area contributed by atoms with Gasteiger partial charge in [-0.25, -0.2) is 18.7 Å². The highest BCUT2D eigenvalue weighted by atomic mass is 19.1. The van der Waals surface area contributed by atoms with Gasteiger partial charge in [-0.1, -0.05) is 18.2 Å². The van der Waals surface area contributed by atoms with Crippen molar-refractivity contribution in [3.05, 3.63) is 66.0 Å². The highest BCUT2D eigenvalue weighted by molar-refractivity contribution is 6.04. The van der Waals surface area contributed by atoms with Crippen LogP contribution in [0.1, 0.15) is 18.4 Å². The van der Waals surface area contributed by atoms with Gasteiger partial charge < -0.3 is 10.0 Å². The highest BCUT2D eigenvalue weighted by Gasteiger charge is 2.48. The van der Waals surface area contributed by atoms with Crippen molar-refractivity contribution in [3.63, 3.8) is 0 Å². The molecule has 2 fully saturated rings. The Bertz CT molecular complexity index is 1760. The Morgan fingerprint density at radius 2 is 1.92 bits per heavy atom. The second-order valence-electron chi connectivity index (χ2n) is 10.3. The zero-order valence-corrected chi connectivity index (χ0v) is 20.8. The molecule has 1 aliphatic carbocycles. The summed E-state index contributed by atoms with van der Waals surface area (Å²) in [6.45, 7) is 2.68. The number of benzene rings is 2. The number of rotatable bonds is 4. The van der Waals surface area contributed by atoms with Crippen LogP contribution in [0.3, 0.4) is 0 Å². The van der Waals surface area contributed by atoms with Gasteiger partial charge in [0.05, 0.1) is 28.7 Å². The number of fused-ring (bicyclic) bond motifs is 4. The van der Waals surface area contributed by atoms with Crippen LogP contribution in [-0.4, -0.2) is 48.2 Å². The minimum Gasteiger partial charge on any atom is -0.481 e. The van der Waals surface area contributed by atoms with E-state index in [4.69, 9.17) is 10.1 Å². The number of piperidine rings is 1. The predicted molar refractivity (Wildman–Crippen MR) is 138 cm³/mol. The molecule has 0 spiro atoms. The van der Waals surface area contributed by atoms with Gasteiger partial charge >= 0.3 is 5.97 Å². The Morgan fingerprint density at radius 1 is 1.08 bits per heavy atom. The number of carboxylic acids is 1. The van der Waals surface area contributed by atoms with Gasteiger partial charge in [0.1, 0.15) is 17.0 Å². The fourth-order valence-electron chi connectivity index (χ4n) is 6.36. The van der Waals surface area contributed by atoms with Gasteiger partial charge in [0, 0.05) is 30.6 Å². The third-order valence-corrected chi connectivity index (χ3v) is 8.16. The summed E-state index contributed by atoms with van der Waals surface area (Å²) in [5, 5.41) is 19.3. The van der Waals surface area contributed by atoms with E-state index in [1.165, 1.54) is 13.1 Å². The van der Waals surface area contributed by atoms with Crippen LogP contribution in [0, 0.1) is 30.5 Å². The molecule has 0 unspecified atom stereocenters. The lowest BCUT2D eigenvalue weighted by atomic mass is 9.95. The Balaban J connectivity index is 1.32. The number of hydrogen-bond acceptors (Lipinski definition) is 5. The molecule has 8 nitrogen and oxygen atoms in total. The Hall–Kier alpha value is -4.34. The van der Waals surface area contributed by atoms with E-state index in [9.17, 15) is 14.3 Å². The van der Waals surface area contributed by atoms with Crippen LogP contribution in [0.4, 0.5) is 14.6 Å². The standard InChI is InChI=1S/C28H24F2N6O2/c1-14-4-3-5-19-24(18-7-8-21(29)25-23(18)27(30)34(2)32-25)33-36(26(14)19)16-6-9-22(31-12-16)35-13-15-10-17(35)11-20(15)28(37)38/h3-9,12,15,17,20H,10-11,13H2,1-2H3,(H,37,38)/t15-,17-,20+/m1/s1. The summed E-state index contributed by atoms with van der Waals surface area (Å²) in [5.74, 6) is -1.22. The molecule has 0 amide bonds. The van der Waals surface area contributed by atoms with Gasteiger partial charge in [-0.2, -0.15) is 14.6 Å². The van der Waals surface area contributed by atoms with Crippen molar-refractivity contribution in [1.29, 1.82) is 0 Å². The molecular formula is C28H24F2N6O2. The van der Waals surface area contributed by atoms with Gasteiger partial charge in [0.15, 0.2) is 5.82 Å². The van der Waals surface area contributed by atoms with Crippen molar-refractivity contribution in [2.75, 3.05) is 11.4 Å². The number of carbonyl (C=O) groups is 1. The van der Waals surface area contributed by atoms with Crippen LogP contribution in [0.5, 0.6) is 0 Å². The molecule has 5 aromatic rings. The number of nitrogens with zero attached hydrogens (tertiary/aromatic N) is 6. The molecule has 2 aliphatic rings. The monoisotopic (exact) mass is 514 g/mol. The summed E-state index contributed by atoms with van der Waals surface area (Å²) in [6.07, 6.45) is 3.28. The molecule has 3 atom stereocenters. The average molecular weight is 515 g/mol. The van der Waals surface area contributed by atoms with Crippen molar-refractivity contribution >= 4 is 33.6 Å². The number of para-hydroxylation sites is 1. The third-order valence-electron chi connectivity index (χ3n) is 8.16. The molecule has 192 valence electrons. The van der Waals surface area contributed by atoms with Crippen molar-refractivity contribution < 1.29 is 18.7 Å². The van der Waals surface area contributed by atoms with Crippen LogP contribution in [0.25, 0.3) is 38.8 Å². The molecule has 1 aliphatic heterocycles. The Morgan fingerprint density at radius 3 is 2.63 bits per heavy atom. The van der Waals surface area contributed by atoms with Crippen molar-refractivity contribution in [2.24, 2.45) is 18.9 Å². The number of carboxylic acid groups (broad SMARTS) is 1. The second-order valence-corrected chi connectivity index (χ2v) is 10.3. The zero-order chi connectivity index (χ0) is 26.3. The topological polar surface area (TPSA) is 89.1 Å². The number of pyridine rings is 1. The zero-order valence-electron chi connectivity index (χ0n) is 20.8. The number of aromatic nitrogens is 5.